The standard InChI is InChI=1S/C29H25NO7/c1-2-13-34-22-10-6-9-21(16-22)27(31)23(14-19-11-12-25-26(15-19)37-18-36-25)28(32)30-24(17-35-29(30)33)20-7-4-3-5-8-20/h3-12,14-16,24H,2,13,17-18H2,1H3/b23-14+/t24-/m1/s1. The van der Waals surface area contributed by atoms with Crippen molar-refractivity contribution in [3.63, 3.8) is 0 Å². The number of Topliss-reactive ketones (excluding diaryl/α,β-unsaturated/α-hetero) is 1. The van der Waals surface area contributed by atoms with Crippen LogP contribution in [0.1, 0.15) is 40.9 Å². The number of benzene rings is 3. The molecular weight excluding hydrogens is 474 g/mol. The van der Waals surface area contributed by atoms with Gasteiger partial charge in [-0.05, 0) is 47.9 Å². The first-order valence-corrected chi connectivity index (χ1v) is 12.0. The van der Waals surface area contributed by atoms with Crippen LogP contribution in [0.15, 0.2) is 78.4 Å². The van der Waals surface area contributed by atoms with Crippen molar-refractivity contribution in [3.05, 3.63) is 95.1 Å². The first kappa shape index (κ1) is 24.1. The average molecular weight is 500 g/mol. The molecule has 5 rings (SSSR count). The summed E-state index contributed by atoms with van der Waals surface area (Å²) in [7, 11) is 0. The predicted octanol–water partition coefficient (Wildman–Crippen LogP) is 5.19. The van der Waals surface area contributed by atoms with Crippen molar-refractivity contribution in [2.45, 2.75) is 19.4 Å². The molecule has 0 saturated carbocycles. The van der Waals surface area contributed by atoms with Gasteiger partial charge in [0.25, 0.3) is 5.91 Å². The molecule has 0 radical (unpaired) electrons. The van der Waals surface area contributed by atoms with E-state index in [-0.39, 0.29) is 24.5 Å². The number of carbonyl (C=O) groups is 3. The Balaban J connectivity index is 1.55. The van der Waals surface area contributed by atoms with Gasteiger partial charge < -0.3 is 18.9 Å². The van der Waals surface area contributed by atoms with Crippen LogP contribution in [0.2, 0.25) is 0 Å². The minimum atomic E-state index is -0.803. The topological polar surface area (TPSA) is 91.4 Å². The van der Waals surface area contributed by atoms with Crippen LogP contribution in [0.25, 0.3) is 6.08 Å². The molecule has 1 atom stereocenters. The fourth-order valence-electron chi connectivity index (χ4n) is 4.19. The molecule has 0 bridgehead atoms. The van der Waals surface area contributed by atoms with Crippen molar-refractivity contribution in [1.29, 1.82) is 0 Å². The highest BCUT2D eigenvalue weighted by atomic mass is 16.7. The molecule has 1 saturated heterocycles. The van der Waals surface area contributed by atoms with Gasteiger partial charge in [-0.15, -0.1) is 0 Å². The Morgan fingerprint density at radius 3 is 2.59 bits per heavy atom. The minimum absolute atomic E-state index is 0.000421. The molecule has 0 spiro atoms. The molecule has 188 valence electrons. The van der Waals surface area contributed by atoms with Gasteiger partial charge in [-0.25, -0.2) is 9.69 Å². The van der Waals surface area contributed by atoms with Crippen molar-refractivity contribution in [3.8, 4) is 17.2 Å². The molecule has 8 nitrogen and oxygen atoms in total. The number of imide groups is 1. The summed E-state index contributed by atoms with van der Waals surface area (Å²) in [5.74, 6) is 0.301. The highest BCUT2D eigenvalue weighted by Gasteiger charge is 2.41. The van der Waals surface area contributed by atoms with Gasteiger partial charge in [0.05, 0.1) is 12.2 Å². The number of nitrogens with zero attached hydrogens (tertiary/aromatic N) is 1. The summed E-state index contributed by atoms with van der Waals surface area (Å²) >= 11 is 0. The monoisotopic (exact) mass is 499 g/mol. The lowest BCUT2D eigenvalue weighted by molar-refractivity contribution is -0.124. The van der Waals surface area contributed by atoms with Crippen LogP contribution in [0, 0.1) is 0 Å². The lowest BCUT2D eigenvalue weighted by Crippen LogP contribution is -2.37. The maximum absolute atomic E-state index is 13.9. The maximum atomic E-state index is 13.9. The molecule has 0 N–H and O–H groups in total. The fraction of sp³-hybridized carbons (Fsp3) is 0.207. The normalized spacial score (nSPS) is 16.5. The van der Waals surface area contributed by atoms with Crippen LogP contribution >= 0.6 is 0 Å². The van der Waals surface area contributed by atoms with Gasteiger partial charge in [-0.1, -0.05) is 55.5 Å². The van der Waals surface area contributed by atoms with E-state index >= 15 is 0 Å². The zero-order chi connectivity index (χ0) is 25.8. The quantitative estimate of drug-likeness (QED) is 0.182. The number of ketones is 1. The molecular formula is C29H25NO7. The number of rotatable bonds is 8. The lowest BCUT2D eigenvalue weighted by Gasteiger charge is -2.21. The second-order valence-corrected chi connectivity index (χ2v) is 8.55. The van der Waals surface area contributed by atoms with Gasteiger partial charge in [-0.2, -0.15) is 0 Å². The molecule has 3 aromatic rings. The largest absolute Gasteiger partial charge is 0.494 e. The predicted molar refractivity (Wildman–Crippen MR) is 134 cm³/mol. The second kappa shape index (κ2) is 10.6. The van der Waals surface area contributed by atoms with E-state index in [2.05, 4.69) is 0 Å². The van der Waals surface area contributed by atoms with Crippen molar-refractivity contribution in [2.24, 2.45) is 0 Å². The van der Waals surface area contributed by atoms with Gasteiger partial charge in [-0.3, -0.25) is 9.59 Å². The maximum Gasteiger partial charge on any atom is 0.417 e. The van der Waals surface area contributed by atoms with Crippen LogP contribution in [0.3, 0.4) is 0 Å². The van der Waals surface area contributed by atoms with E-state index in [1.807, 2.05) is 37.3 Å². The molecule has 2 aliphatic heterocycles. The third-order valence-corrected chi connectivity index (χ3v) is 6.03. The van der Waals surface area contributed by atoms with E-state index in [0.29, 0.717) is 29.4 Å². The van der Waals surface area contributed by atoms with E-state index in [4.69, 9.17) is 18.9 Å². The zero-order valence-corrected chi connectivity index (χ0v) is 20.2. The molecule has 37 heavy (non-hydrogen) atoms. The van der Waals surface area contributed by atoms with E-state index in [9.17, 15) is 14.4 Å². The summed E-state index contributed by atoms with van der Waals surface area (Å²) in [6.45, 7) is 2.57. The SMILES string of the molecule is CCCOc1cccc(C(=O)/C(=C\c2ccc3c(c2)OCO3)C(=O)N2C(=O)OC[C@@H]2c2ccccc2)c1. The number of amides is 2. The second-order valence-electron chi connectivity index (χ2n) is 8.55. The first-order chi connectivity index (χ1) is 18.0. The van der Waals surface area contributed by atoms with Crippen LogP contribution < -0.4 is 14.2 Å². The Bertz CT molecular complexity index is 1370. The average Bonchev–Trinajstić information content (AvgIpc) is 3.56. The van der Waals surface area contributed by atoms with Crippen molar-refractivity contribution in [1.82, 2.24) is 4.90 Å². The summed E-state index contributed by atoms with van der Waals surface area (Å²) in [6.07, 6.45) is 1.47. The van der Waals surface area contributed by atoms with Crippen LogP contribution in [0.4, 0.5) is 4.79 Å². The Morgan fingerprint density at radius 1 is 0.973 bits per heavy atom. The van der Waals surface area contributed by atoms with Crippen molar-refractivity contribution >= 4 is 23.9 Å². The number of cyclic esters (lactones) is 1. The Hall–Kier alpha value is -4.59. The summed E-state index contributed by atoms with van der Waals surface area (Å²) < 4.78 is 21.7. The molecule has 0 unspecified atom stereocenters. The lowest BCUT2D eigenvalue weighted by atomic mass is 9.98. The van der Waals surface area contributed by atoms with Crippen molar-refractivity contribution in [2.75, 3.05) is 20.0 Å². The van der Waals surface area contributed by atoms with Gasteiger partial charge in [0, 0.05) is 5.56 Å². The molecule has 0 aliphatic carbocycles. The highest BCUT2D eigenvalue weighted by Crippen LogP contribution is 2.34. The highest BCUT2D eigenvalue weighted by molar-refractivity contribution is 6.30. The number of fused-ring (bicyclic) bond motifs is 1. The van der Waals surface area contributed by atoms with Gasteiger partial charge in [0.2, 0.25) is 6.79 Å². The molecule has 0 aromatic heterocycles. The summed E-state index contributed by atoms with van der Waals surface area (Å²) in [5.41, 5.74) is 1.35. The fourth-order valence-corrected chi connectivity index (χ4v) is 4.19. The molecule has 2 aliphatic rings. The van der Waals surface area contributed by atoms with Gasteiger partial charge >= 0.3 is 6.09 Å². The third-order valence-electron chi connectivity index (χ3n) is 6.03. The summed E-state index contributed by atoms with van der Waals surface area (Å²) in [6, 6.07) is 20.2. The minimum Gasteiger partial charge on any atom is -0.494 e. The van der Waals surface area contributed by atoms with Crippen LogP contribution in [-0.4, -0.2) is 42.7 Å². The Kier molecular flexibility index (Phi) is 6.89. The summed E-state index contributed by atoms with van der Waals surface area (Å²) in [5, 5.41) is 0. The number of ether oxygens (including phenoxy) is 4. The Labute approximate surface area is 214 Å². The van der Waals surface area contributed by atoms with Gasteiger partial charge in [0.1, 0.15) is 18.4 Å². The molecule has 2 heterocycles. The molecule has 2 amide bonds. The van der Waals surface area contributed by atoms with Crippen LogP contribution in [-0.2, 0) is 9.53 Å². The Morgan fingerprint density at radius 2 is 1.78 bits per heavy atom. The first-order valence-electron chi connectivity index (χ1n) is 12.0. The molecule has 3 aromatic carbocycles. The van der Waals surface area contributed by atoms with E-state index in [1.54, 1.807) is 42.5 Å². The number of hydrogen-bond acceptors (Lipinski definition) is 7. The number of hydrogen-bond donors (Lipinski definition) is 0. The zero-order valence-electron chi connectivity index (χ0n) is 20.2. The third kappa shape index (κ3) is 5.04. The summed E-state index contributed by atoms with van der Waals surface area (Å²) in [4.78, 5) is 41.4. The van der Waals surface area contributed by atoms with Crippen molar-refractivity contribution < 1.29 is 33.3 Å². The smallest absolute Gasteiger partial charge is 0.417 e. The van der Waals surface area contributed by atoms with E-state index < -0.39 is 23.8 Å². The van der Waals surface area contributed by atoms with E-state index in [1.165, 1.54) is 6.08 Å². The molecule has 1 fully saturated rings. The van der Waals surface area contributed by atoms with E-state index in [0.717, 1.165) is 16.9 Å². The van der Waals surface area contributed by atoms with Gasteiger partial charge in [0.15, 0.2) is 17.3 Å². The number of carbonyl (C=O) groups excluding carboxylic acids is 3. The molecule has 8 heteroatoms. The van der Waals surface area contributed by atoms with Crippen LogP contribution in [0.5, 0.6) is 17.2 Å².